The maximum atomic E-state index is 13.5. The van der Waals surface area contributed by atoms with Crippen LogP contribution in [0.2, 0.25) is 0 Å². The van der Waals surface area contributed by atoms with Crippen LogP contribution in [-0.2, 0) is 4.79 Å². The summed E-state index contributed by atoms with van der Waals surface area (Å²) in [4.78, 5) is 22.6. The number of carboxylic acids is 1. The molecular weight excluding hydrogens is 370 g/mol. The topological polar surface area (TPSA) is 78.4 Å². The summed E-state index contributed by atoms with van der Waals surface area (Å²) in [7, 11) is 0. The number of carbonyl (C=O) groups is 2. The molecule has 0 aliphatic heterocycles. The van der Waals surface area contributed by atoms with E-state index in [0.29, 0.717) is 5.75 Å². The van der Waals surface area contributed by atoms with E-state index in [1.807, 2.05) is 5.32 Å². The third-order valence-corrected chi connectivity index (χ3v) is 3.56. The van der Waals surface area contributed by atoms with Gasteiger partial charge in [0, 0.05) is 4.47 Å². The van der Waals surface area contributed by atoms with E-state index < -0.39 is 35.4 Å². The Labute approximate surface area is 132 Å². The van der Waals surface area contributed by atoms with Crippen LogP contribution in [-0.4, -0.2) is 35.2 Å². The minimum atomic E-state index is -1.21. The Kier molecular flexibility index (Phi) is 6.90. The molecular formula is C12H13BrF2N2O3S. The van der Waals surface area contributed by atoms with Gasteiger partial charge in [-0.1, -0.05) is 15.9 Å². The second kappa shape index (κ2) is 8.18. The van der Waals surface area contributed by atoms with Gasteiger partial charge in [0.2, 0.25) is 0 Å². The van der Waals surface area contributed by atoms with Gasteiger partial charge in [-0.2, -0.15) is 11.8 Å². The standard InChI is InChI=1S/C12H13BrF2N2O3S/c1-21-3-2-9(11(18)19)16-12(20)17-10-7(14)4-6(13)5-8(10)15/h4-5,9H,2-3H2,1H3,(H,18,19)(H2,16,17,20)/t9-/m1/s1. The zero-order valence-electron chi connectivity index (χ0n) is 11.0. The van der Waals surface area contributed by atoms with Crippen molar-refractivity contribution in [2.24, 2.45) is 0 Å². The minimum Gasteiger partial charge on any atom is -0.480 e. The number of nitrogens with one attached hydrogen (secondary N) is 2. The second-order valence-electron chi connectivity index (χ2n) is 4.02. The van der Waals surface area contributed by atoms with Gasteiger partial charge in [-0.25, -0.2) is 18.4 Å². The van der Waals surface area contributed by atoms with Gasteiger partial charge in [-0.3, -0.25) is 0 Å². The zero-order valence-corrected chi connectivity index (χ0v) is 13.4. The van der Waals surface area contributed by atoms with Crippen molar-refractivity contribution in [2.45, 2.75) is 12.5 Å². The van der Waals surface area contributed by atoms with Gasteiger partial charge in [0.1, 0.15) is 11.7 Å². The lowest BCUT2D eigenvalue weighted by atomic mass is 10.2. The lowest BCUT2D eigenvalue weighted by Crippen LogP contribution is -2.43. The van der Waals surface area contributed by atoms with E-state index in [0.717, 1.165) is 12.1 Å². The Morgan fingerprint density at radius 3 is 2.43 bits per heavy atom. The van der Waals surface area contributed by atoms with Crippen molar-refractivity contribution in [3.63, 3.8) is 0 Å². The number of urea groups is 1. The minimum absolute atomic E-state index is 0.187. The van der Waals surface area contributed by atoms with E-state index >= 15 is 0 Å². The molecule has 0 heterocycles. The predicted octanol–water partition coefficient (Wildman–Crippen LogP) is 3.06. The Bertz CT molecular complexity index is 522. The number of aliphatic carboxylic acids is 1. The molecule has 0 saturated heterocycles. The number of halogens is 3. The Balaban J connectivity index is 2.74. The van der Waals surface area contributed by atoms with E-state index in [1.165, 1.54) is 11.8 Å². The van der Waals surface area contributed by atoms with Gasteiger partial charge in [0.05, 0.1) is 0 Å². The normalized spacial score (nSPS) is 11.8. The highest BCUT2D eigenvalue weighted by Crippen LogP contribution is 2.23. The summed E-state index contributed by atoms with van der Waals surface area (Å²) in [6.45, 7) is 0. The molecule has 5 nitrogen and oxygen atoms in total. The number of hydrogen-bond donors (Lipinski definition) is 3. The number of anilines is 1. The van der Waals surface area contributed by atoms with E-state index in [4.69, 9.17) is 5.11 Å². The average molecular weight is 383 g/mol. The van der Waals surface area contributed by atoms with Gasteiger partial charge in [0.25, 0.3) is 0 Å². The van der Waals surface area contributed by atoms with E-state index in [9.17, 15) is 18.4 Å². The first-order valence-electron chi connectivity index (χ1n) is 5.79. The van der Waals surface area contributed by atoms with Crippen molar-refractivity contribution < 1.29 is 23.5 Å². The summed E-state index contributed by atoms with van der Waals surface area (Å²) >= 11 is 4.34. The highest BCUT2D eigenvalue weighted by atomic mass is 79.9. The molecule has 2 amide bonds. The van der Waals surface area contributed by atoms with Gasteiger partial charge in [-0.05, 0) is 30.6 Å². The Morgan fingerprint density at radius 1 is 1.38 bits per heavy atom. The van der Waals surface area contributed by atoms with Crippen LogP contribution in [0, 0.1) is 11.6 Å². The largest absolute Gasteiger partial charge is 0.480 e. The van der Waals surface area contributed by atoms with Crippen LogP contribution in [0.15, 0.2) is 16.6 Å². The molecule has 1 aromatic rings. The number of carboxylic acid groups (broad SMARTS) is 1. The van der Waals surface area contributed by atoms with E-state index in [-0.39, 0.29) is 10.9 Å². The fourth-order valence-corrected chi connectivity index (χ4v) is 2.34. The molecule has 0 spiro atoms. The first-order valence-corrected chi connectivity index (χ1v) is 7.97. The van der Waals surface area contributed by atoms with E-state index in [2.05, 4.69) is 21.2 Å². The number of thioether (sulfide) groups is 1. The zero-order chi connectivity index (χ0) is 16.0. The van der Waals surface area contributed by atoms with Crippen molar-refractivity contribution >= 4 is 45.4 Å². The number of rotatable bonds is 6. The SMILES string of the molecule is CSCC[C@@H](NC(=O)Nc1c(F)cc(Br)cc1F)C(=O)O. The summed E-state index contributed by atoms with van der Waals surface area (Å²) in [6.07, 6.45) is 2.00. The molecule has 9 heteroatoms. The molecule has 0 radical (unpaired) electrons. The molecule has 1 atom stereocenters. The smallest absolute Gasteiger partial charge is 0.326 e. The maximum absolute atomic E-state index is 13.5. The van der Waals surface area contributed by atoms with Crippen LogP contribution in [0.3, 0.4) is 0 Å². The quantitative estimate of drug-likeness (QED) is 0.706. The van der Waals surface area contributed by atoms with Crippen molar-refractivity contribution in [1.29, 1.82) is 0 Å². The molecule has 116 valence electrons. The monoisotopic (exact) mass is 382 g/mol. The summed E-state index contributed by atoms with van der Waals surface area (Å²) in [6, 6.07) is -0.134. The van der Waals surface area contributed by atoms with Gasteiger partial charge in [0.15, 0.2) is 11.6 Å². The van der Waals surface area contributed by atoms with Crippen LogP contribution in [0.25, 0.3) is 0 Å². The highest BCUT2D eigenvalue weighted by molar-refractivity contribution is 9.10. The first kappa shape index (κ1) is 17.7. The molecule has 0 aromatic heterocycles. The van der Waals surface area contributed by atoms with E-state index in [1.54, 1.807) is 6.26 Å². The Morgan fingerprint density at radius 2 is 1.95 bits per heavy atom. The molecule has 0 aliphatic carbocycles. The fourth-order valence-electron chi connectivity index (χ4n) is 1.46. The van der Waals surface area contributed by atoms with Gasteiger partial charge in [-0.15, -0.1) is 0 Å². The summed E-state index contributed by atoms with van der Waals surface area (Å²) in [5.74, 6) is -2.62. The first-order chi connectivity index (χ1) is 9.85. The number of amides is 2. The molecule has 0 saturated carbocycles. The summed E-state index contributed by atoms with van der Waals surface area (Å²) < 4.78 is 27.3. The fraction of sp³-hybridized carbons (Fsp3) is 0.333. The summed E-state index contributed by atoms with van der Waals surface area (Å²) in [5, 5.41) is 13.1. The number of benzene rings is 1. The number of hydrogen-bond acceptors (Lipinski definition) is 3. The third-order valence-electron chi connectivity index (χ3n) is 2.46. The predicted molar refractivity (Wildman–Crippen MR) is 80.6 cm³/mol. The van der Waals surface area contributed by atoms with Crippen LogP contribution in [0.4, 0.5) is 19.3 Å². The van der Waals surface area contributed by atoms with Crippen LogP contribution < -0.4 is 10.6 Å². The van der Waals surface area contributed by atoms with Crippen molar-refractivity contribution in [2.75, 3.05) is 17.3 Å². The molecule has 0 aliphatic rings. The van der Waals surface area contributed by atoms with Gasteiger partial charge >= 0.3 is 12.0 Å². The third kappa shape index (κ3) is 5.50. The molecule has 1 rings (SSSR count). The molecule has 3 N–H and O–H groups in total. The van der Waals surface area contributed by atoms with Crippen molar-refractivity contribution in [1.82, 2.24) is 5.32 Å². The maximum Gasteiger partial charge on any atom is 0.326 e. The van der Waals surface area contributed by atoms with Gasteiger partial charge < -0.3 is 15.7 Å². The lowest BCUT2D eigenvalue weighted by molar-refractivity contribution is -0.139. The molecule has 0 fully saturated rings. The van der Waals surface area contributed by atoms with Crippen molar-refractivity contribution in [3.05, 3.63) is 28.2 Å². The Hall–Kier alpha value is -1.35. The highest BCUT2D eigenvalue weighted by Gasteiger charge is 2.21. The molecule has 0 unspecified atom stereocenters. The lowest BCUT2D eigenvalue weighted by Gasteiger charge is -2.15. The van der Waals surface area contributed by atoms with Crippen molar-refractivity contribution in [3.8, 4) is 0 Å². The van der Waals surface area contributed by atoms with Crippen LogP contribution in [0.1, 0.15) is 6.42 Å². The molecule has 0 bridgehead atoms. The molecule has 1 aromatic carbocycles. The summed E-state index contributed by atoms with van der Waals surface area (Å²) in [5.41, 5.74) is -0.635. The molecule has 21 heavy (non-hydrogen) atoms. The van der Waals surface area contributed by atoms with Crippen LogP contribution >= 0.6 is 27.7 Å². The second-order valence-corrected chi connectivity index (χ2v) is 5.92. The average Bonchev–Trinajstić information content (AvgIpc) is 2.38. The number of carbonyl (C=O) groups excluding carboxylic acids is 1. The van der Waals surface area contributed by atoms with Crippen LogP contribution in [0.5, 0.6) is 0 Å².